The molecule has 1 aromatic carbocycles. The van der Waals surface area contributed by atoms with Gasteiger partial charge in [-0.05, 0) is 12.0 Å². The summed E-state index contributed by atoms with van der Waals surface area (Å²) in [5.41, 5.74) is 0.996. The summed E-state index contributed by atoms with van der Waals surface area (Å²) >= 11 is 0. The number of benzene rings is 1. The molecule has 4 heteroatoms. The summed E-state index contributed by atoms with van der Waals surface area (Å²) in [6.45, 7) is -0.365. The third kappa shape index (κ3) is 3.51. The Labute approximate surface area is 111 Å². The van der Waals surface area contributed by atoms with Gasteiger partial charge in [0.15, 0.2) is 6.29 Å². The first-order valence-electron chi connectivity index (χ1n) is 7.53. The predicted octanol–water partition coefficient (Wildman–Crippen LogP) is 2.69. The molecule has 0 spiro atoms. The van der Waals surface area contributed by atoms with Crippen molar-refractivity contribution in [3.63, 3.8) is 0 Å². The molecule has 0 saturated carbocycles. The third-order valence-corrected chi connectivity index (χ3v) is 3.02. The van der Waals surface area contributed by atoms with Gasteiger partial charge in [0.2, 0.25) is 0 Å². The number of alkyl halides is 1. The van der Waals surface area contributed by atoms with E-state index in [2.05, 4.69) is 0 Å². The van der Waals surface area contributed by atoms with Crippen molar-refractivity contribution in [2.75, 3.05) is 13.7 Å². The minimum absolute atomic E-state index is 0.369. The molecule has 18 heavy (non-hydrogen) atoms. The van der Waals surface area contributed by atoms with Crippen molar-refractivity contribution < 1.29 is 22.7 Å². The van der Waals surface area contributed by atoms with Gasteiger partial charge in [0, 0.05) is 13.5 Å². The highest BCUT2D eigenvalue weighted by molar-refractivity contribution is 5.13. The molecule has 100 valence electrons. The monoisotopic (exact) mass is 257 g/mol. The number of halogens is 1. The molecule has 1 fully saturated rings. The molecule has 3 nitrogen and oxygen atoms in total. The first-order valence-corrected chi connectivity index (χ1v) is 6.03. The molecule has 0 N–H and O–H groups in total. The second kappa shape index (κ2) is 6.83. The maximum atomic E-state index is 13.1. The molecule has 1 heterocycles. The minimum atomic E-state index is -2.54. The van der Waals surface area contributed by atoms with Gasteiger partial charge < -0.3 is 14.2 Å². The van der Waals surface area contributed by atoms with Gasteiger partial charge in [0.1, 0.15) is 12.8 Å². The number of ether oxygens (including phenoxy) is 3. The lowest BCUT2D eigenvalue weighted by Gasteiger charge is -2.34. The van der Waals surface area contributed by atoms with Crippen molar-refractivity contribution in [1.82, 2.24) is 0 Å². The van der Waals surface area contributed by atoms with E-state index in [0.717, 1.165) is 5.56 Å². The lowest BCUT2D eigenvalue weighted by atomic mass is 10.1. The van der Waals surface area contributed by atoms with E-state index in [1.165, 1.54) is 0 Å². The first kappa shape index (κ1) is 9.89. The van der Waals surface area contributed by atoms with Crippen molar-refractivity contribution >= 4 is 0 Å². The second-order valence-corrected chi connectivity index (χ2v) is 4.29. The van der Waals surface area contributed by atoms with Crippen LogP contribution in [0.2, 0.25) is 0 Å². The minimum Gasteiger partial charge on any atom is -0.371 e. The summed E-state index contributed by atoms with van der Waals surface area (Å²) in [5.74, 6) is 0. The third-order valence-electron chi connectivity index (χ3n) is 3.02. The lowest BCUT2D eigenvalue weighted by molar-refractivity contribution is -0.225. The molecular formula is C14H19FO3. The highest BCUT2D eigenvalue weighted by Gasteiger charge is 2.31. The van der Waals surface area contributed by atoms with Crippen LogP contribution in [0.4, 0.5) is 4.39 Å². The lowest BCUT2D eigenvalue weighted by Crippen LogP contribution is -2.42. The molecule has 3 atom stereocenters. The Morgan fingerprint density at radius 1 is 1.39 bits per heavy atom. The molecule has 2 rings (SSSR count). The molecule has 0 radical (unpaired) electrons. The maximum absolute atomic E-state index is 13.1. The quantitative estimate of drug-likeness (QED) is 0.811. The van der Waals surface area contributed by atoms with E-state index in [4.69, 9.17) is 18.3 Å². The Bertz CT molecular complexity index is 427. The zero-order chi connectivity index (χ0) is 15.3. The average Bonchev–Trinajstić information content (AvgIpc) is 2.45. The second-order valence-electron chi connectivity index (χ2n) is 4.29. The Kier molecular flexibility index (Phi) is 3.75. The summed E-state index contributed by atoms with van der Waals surface area (Å²) in [5, 5.41) is 0. The van der Waals surface area contributed by atoms with E-state index in [9.17, 15) is 4.39 Å². The van der Waals surface area contributed by atoms with Gasteiger partial charge in [-0.15, -0.1) is 0 Å². The van der Waals surface area contributed by atoms with Crippen LogP contribution in [-0.2, 0) is 20.8 Å². The van der Waals surface area contributed by atoms with E-state index >= 15 is 0 Å². The molecular weight excluding hydrogens is 235 g/mol. The Morgan fingerprint density at radius 2 is 2.22 bits per heavy atom. The molecule has 0 unspecified atom stereocenters. The van der Waals surface area contributed by atoms with E-state index in [1.54, 1.807) is 0 Å². The summed E-state index contributed by atoms with van der Waals surface area (Å²) in [6, 6.07) is 9.57. The number of methoxy groups -OCH3 is 1. The summed E-state index contributed by atoms with van der Waals surface area (Å²) in [6.07, 6.45) is -1.23. The van der Waals surface area contributed by atoms with Gasteiger partial charge >= 0.3 is 0 Å². The summed E-state index contributed by atoms with van der Waals surface area (Å²) in [4.78, 5) is 0. The predicted molar refractivity (Wildman–Crippen MR) is 65.9 cm³/mol. The highest BCUT2D eigenvalue weighted by Crippen LogP contribution is 2.24. The van der Waals surface area contributed by atoms with E-state index < -0.39 is 32.2 Å². The fourth-order valence-electron chi connectivity index (χ4n) is 2.03. The molecule has 1 saturated heterocycles. The number of hydrogen-bond donors (Lipinski definition) is 0. The van der Waals surface area contributed by atoms with E-state index in [-0.39, 0.29) is 0 Å². The van der Waals surface area contributed by atoms with Gasteiger partial charge in [0.05, 0.1) is 16.8 Å². The maximum Gasteiger partial charge on any atom is 0.157 e. The zero-order valence-electron chi connectivity index (χ0n) is 13.0. The Hall–Kier alpha value is -0.970. The van der Waals surface area contributed by atoms with Crippen LogP contribution in [0.25, 0.3) is 0 Å². The summed E-state index contributed by atoms with van der Waals surface area (Å²) < 4.78 is 50.0. The Morgan fingerprint density at radius 3 is 2.94 bits per heavy atom. The molecule has 0 aromatic heterocycles. The molecule has 1 aromatic rings. The highest BCUT2D eigenvalue weighted by atomic mass is 19.1. The fraction of sp³-hybridized carbons (Fsp3) is 0.571. The topological polar surface area (TPSA) is 27.7 Å². The van der Waals surface area contributed by atoms with Crippen LogP contribution in [0.1, 0.15) is 22.5 Å². The fourth-order valence-corrected chi connectivity index (χ4v) is 2.03. The summed E-state index contributed by atoms with van der Waals surface area (Å²) in [7, 11) is -2.54. The van der Waals surface area contributed by atoms with E-state index in [0.29, 0.717) is 19.4 Å². The van der Waals surface area contributed by atoms with Crippen LogP contribution >= 0.6 is 0 Å². The van der Waals surface area contributed by atoms with E-state index in [1.807, 2.05) is 30.3 Å². The van der Waals surface area contributed by atoms with Gasteiger partial charge in [-0.3, -0.25) is 0 Å². The van der Waals surface area contributed by atoms with Gasteiger partial charge in [-0.25, -0.2) is 4.39 Å². The molecule has 1 aliphatic heterocycles. The van der Waals surface area contributed by atoms with Crippen molar-refractivity contribution in [2.45, 2.75) is 37.9 Å². The van der Waals surface area contributed by atoms with Crippen molar-refractivity contribution in [3.8, 4) is 0 Å². The zero-order valence-corrected chi connectivity index (χ0v) is 10.0. The van der Waals surface area contributed by atoms with Crippen LogP contribution in [-0.4, -0.2) is 32.2 Å². The van der Waals surface area contributed by atoms with Crippen LogP contribution in [0.15, 0.2) is 30.3 Å². The SMILES string of the molecule is [2H]C([2H])([2H])O[C@H]1CC[C@@H](OCc2ccccc2)[C@H](CF)O1. The standard InChI is InChI=1S/C14H19FO3/c1-16-14-8-7-12(13(9-15)18-14)17-10-11-5-3-2-4-6-11/h2-6,12-14H,7-10H2,1H3/t12-,13+,14-/m1/s1/i1D3. The van der Waals surface area contributed by atoms with Gasteiger partial charge in [-0.1, -0.05) is 30.3 Å². The van der Waals surface area contributed by atoms with Crippen LogP contribution in [0.5, 0.6) is 0 Å². The van der Waals surface area contributed by atoms with Crippen molar-refractivity contribution in [2.24, 2.45) is 0 Å². The van der Waals surface area contributed by atoms with Gasteiger partial charge in [-0.2, -0.15) is 0 Å². The molecule has 0 bridgehead atoms. The van der Waals surface area contributed by atoms with Crippen molar-refractivity contribution in [1.29, 1.82) is 0 Å². The smallest absolute Gasteiger partial charge is 0.157 e. The average molecular weight is 257 g/mol. The largest absolute Gasteiger partial charge is 0.371 e. The van der Waals surface area contributed by atoms with Crippen molar-refractivity contribution in [3.05, 3.63) is 35.9 Å². The molecule has 0 amide bonds. The number of rotatable bonds is 5. The van der Waals surface area contributed by atoms with Crippen LogP contribution in [0.3, 0.4) is 0 Å². The molecule has 0 aliphatic carbocycles. The normalized spacial score (nSPS) is 31.4. The van der Waals surface area contributed by atoms with Crippen LogP contribution < -0.4 is 0 Å². The Balaban J connectivity index is 1.85. The van der Waals surface area contributed by atoms with Gasteiger partial charge in [0.25, 0.3) is 0 Å². The van der Waals surface area contributed by atoms with Crippen LogP contribution in [0, 0.1) is 0 Å². The first-order chi connectivity index (χ1) is 9.98. The number of hydrogen-bond acceptors (Lipinski definition) is 3. The molecule has 1 aliphatic rings.